The number of carbonyl (C=O) groups is 1. The van der Waals surface area contributed by atoms with Crippen LogP contribution < -0.4 is 9.47 Å². The maximum Gasteiger partial charge on any atom is 0.363 e. The predicted molar refractivity (Wildman–Crippen MR) is 93.7 cm³/mol. The van der Waals surface area contributed by atoms with Crippen molar-refractivity contribution in [1.82, 2.24) is 0 Å². The van der Waals surface area contributed by atoms with Crippen molar-refractivity contribution in [1.29, 1.82) is 0 Å². The highest BCUT2D eigenvalue weighted by Gasteiger charge is 2.25. The normalized spacial score (nSPS) is 15.3. The first kappa shape index (κ1) is 16.3. The van der Waals surface area contributed by atoms with Gasteiger partial charge < -0.3 is 14.2 Å². The van der Waals surface area contributed by atoms with Crippen molar-refractivity contribution < 1.29 is 19.0 Å². The molecule has 2 heterocycles. The van der Waals surface area contributed by atoms with Gasteiger partial charge in [-0.25, -0.2) is 9.79 Å². The Kier molecular flexibility index (Phi) is 4.96. The Bertz CT molecular complexity index is 793. The Morgan fingerprint density at radius 1 is 1.17 bits per heavy atom. The minimum atomic E-state index is -0.453. The molecule has 0 saturated heterocycles. The number of hydrogen-bond donors (Lipinski definition) is 0. The van der Waals surface area contributed by atoms with Gasteiger partial charge in [0, 0.05) is 10.4 Å². The summed E-state index contributed by atoms with van der Waals surface area (Å²) in [6.45, 7) is 4.87. The van der Waals surface area contributed by atoms with Gasteiger partial charge in [0.2, 0.25) is 5.90 Å². The van der Waals surface area contributed by atoms with Crippen LogP contribution in [0.5, 0.6) is 11.5 Å². The lowest BCUT2D eigenvalue weighted by Gasteiger charge is -2.11. The third-order valence-corrected chi connectivity index (χ3v) is 4.05. The van der Waals surface area contributed by atoms with Crippen LogP contribution >= 0.6 is 11.3 Å². The number of thiophene rings is 1. The van der Waals surface area contributed by atoms with E-state index in [4.69, 9.17) is 14.2 Å². The standard InChI is InChI=1S/C18H17NO4S/c1-3-21-15-8-7-12(10-16(15)22-4-2)17-19-14(18(20)23-17)11-13-6-5-9-24-13/h5-11H,3-4H2,1-2H3. The van der Waals surface area contributed by atoms with Crippen LogP contribution in [0.25, 0.3) is 6.08 Å². The van der Waals surface area contributed by atoms with Gasteiger partial charge in [-0.1, -0.05) is 6.07 Å². The zero-order valence-electron chi connectivity index (χ0n) is 13.4. The summed E-state index contributed by atoms with van der Waals surface area (Å²) in [6, 6.07) is 9.20. The molecule has 24 heavy (non-hydrogen) atoms. The summed E-state index contributed by atoms with van der Waals surface area (Å²) in [6.07, 6.45) is 1.72. The van der Waals surface area contributed by atoms with Gasteiger partial charge >= 0.3 is 5.97 Å². The van der Waals surface area contributed by atoms with Gasteiger partial charge in [-0.2, -0.15) is 0 Å². The lowest BCUT2D eigenvalue weighted by Crippen LogP contribution is -2.06. The van der Waals surface area contributed by atoms with Crippen molar-refractivity contribution in [2.75, 3.05) is 13.2 Å². The number of nitrogens with zero attached hydrogens (tertiary/aromatic N) is 1. The number of aliphatic imine (C=N–C) groups is 1. The molecule has 0 aliphatic carbocycles. The summed E-state index contributed by atoms with van der Waals surface area (Å²) in [4.78, 5) is 17.3. The molecule has 124 valence electrons. The van der Waals surface area contributed by atoms with E-state index in [1.54, 1.807) is 24.3 Å². The molecular formula is C18H17NO4S. The number of carbonyl (C=O) groups excluding carboxylic acids is 1. The topological polar surface area (TPSA) is 57.1 Å². The van der Waals surface area contributed by atoms with Gasteiger partial charge in [-0.15, -0.1) is 11.3 Å². The van der Waals surface area contributed by atoms with Crippen LogP contribution in [-0.2, 0) is 9.53 Å². The van der Waals surface area contributed by atoms with E-state index in [0.29, 0.717) is 36.0 Å². The van der Waals surface area contributed by atoms with Gasteiger partial charge in [-0.3, -0.25) is 0 Å². The van der Waals surface area contributed by atoms with Crippen molar-refractivity contribution in [2.24, 2.45) is 4.99 Å². The molecule has 1 aliphatic heterocycles. The van der Waals surface area contributed by atoms with Crippen molar-refractivity contribution in [3.05, 3.63) is 51.8 Å². The molecule has 5 nitrogen and oxygen atoms in total. The van der Waals surface area contributed by atoms with E-state index in [-0.39, 0.29) is 5.90 Å². The first-order valence-corrected chi connectivity index (χ1v) is 8.55. The summed E-state index contributed by atoms with van der Waals surface area (Å²) in [5.74, 6) is 1.07. The fourth-order valence-electron chi connectivity index (χ4n) is 2.22. The number of ether oxygens (including phenoxy) is 3. The second-order valence-corrected chi connectivity index (χ2v) is 5.86. The van der Waals surface area contributed by atoms with Crippen molar-refractivity contribution in [3.8, 4) is 11.5 Å². The van der Waals surface area contributed by atoms with E-state index >= 15 is 0 Å². The van der Waals surface area contributed by atoms with E-state index < -0.39 is 5.97 Å². The van der Waals surface area contributed by atoms with E-state index in [1.807, 2.05) is 31.4 Å². The Hall–Kier alpha value is -2.60. The number of rotatable bonds is 6. The fourth-order valence-corrected chi connectivity index (χ4v) is 2.88. The molecule has 0 bridgehead atoms. The highest BCUT2D eigenvalue weighted by atomic mass is 32.1. The Balaban J connectivity index is 1.91. The molecule has 0 unspecified atom stereocenters. The molecule has 1 aromatic carbocycles. The van der Waals surface area contributed by atoms with E-state index in [9.17, 15) is 4.79 Å². The van der Waals surface area contributed by atoms with Gasteiger partial charge in [-0.05, 0) is 49.6 Å². The fraction of sp³-hybridized carbons (Fsp3) is 0.222. The number of hydrogen-bond acceptors (Lipinski definition) is 6. The summed E-state index contributed by atoms with van der Waals surface area (Å²) in [7, 11) is 0. The molecule has 6 heteroatoms. The number of benzene rings is 1. The van der Waals surface area contributed by atoms with Gasteiger partial charge in [0.25, 0.3) is 0 Å². The number of esters is 1. The molecule has 0 atom stereocenters. The van der Waals surface area contributed by atoms with Crippen LogP contribution in [0, 0.1) is 0 Å². The minimum Gasteiger partial charge on any atom is -0.490 e. The van der Waals surface area contributed by atoms with E-state index in [0.717, 1.165) is 4.88 Å². The Morgan fingerprint density at radius 3 is 2.67 bits per heavy atom. The molecule has 0 fully saturated rings. The first-order chi connectivity index (χ1) is 11.7. The summed E-state index contributed by atoms with van der Waals surface area (Å²) in [5.41, 5.74) is 0.962. The quantitative estimate of drug-likeness (QED) is 0.590. The molecule has 0 amide bonds. The second kappa shape index (κ2) is 7.31. The van der Waals surface area contributed by atoms with Crippen LogP contribution in [0.15, 0.2) is 46.4 Å². The minimum absolute atomic E-state index is 0.270. The third kappa shape index (κ3) is 3.49. The van der Waals surface area contributed by atoms with Crippen molar-refractivity contribution in [2.45, 2.75) is 13.8 Å². The van der Waals surface area contributed by atoms with Crippen LogP contribution in [0.4, 0.5) is 0 Å². The highest BCUT2D eigenvalue weighted by Crippen LogP contribution is 2.30. The van der Waals surface area contributed by atoms with Gasteiger partial charge in [0.05, 0.1) is 13.2 Å². The largest absolute Gasteiger partial charge is 0.490 e. The van der Waals surface area contributed by atoms with Crippen molar-refractivity contribution >= 4 is 29.3 Å². The average molecular weight is 343 g/mol. The van der Waals surface area contributed by atoms with Gasteiger partial charge in [0.1, 0.15) is 0 Å². The lowest BCUT2D eigenvalue weighted by atomic mass is 10.2. The van der Waals surface area contributed by atoms with E-state index in [2.05, 4.69) is 4.99 Å². The molecule has 3 rings (SSSR count). The molecule has 2 aromatic rings. The Morgan fingerprint density at radius 2 is 1.96 bits per heavy atom. The number of cyclic esters (lactones) is 1. The predicted octanol–water partition coefficient (Wildman–Crippen LogP) is 3.89. The molecule has 0 radical (unpaired) electrons. The van der Waals surface area contributed by atoms with Crippen molar-refractivity contribution in [3.63, 3.8) is 0 Å². The lowest BCUT2D eigenvalue weighted by molar-refractivity contribution is -0.129. The average Bonchev–Trinajstić information content (AvgIpc) is 3.20. The smallest absolute Gasteiger partial charge is 0.363 e. The molecular weight excluding hydrogens is 326 g/mol. The maximum absolute atomic E-state index is 12.0. The summed E-state index contributed by atoms with van der Waals surface area (Å²) in [5, 5.41) is 1.94. The third-order valence-electron chi connectivity index (χ3n) is 3.23. The highest BCUT2D eigenvalue weighted by molar-refractivity contribution is 7.10. The van der Waals surface area contributed by atoms with Crippen LogP contribution in [0.2, 0.25) is 0 Å². The molecule has 0 spiro atoms. The van der Waals surface area contributed by atoms with Crippen LogP contribution in [-0.4, -0.2) is 25.1 Å². The van der Waals surface area contributed by atoms with Crippen LogP contribution in [0.1, 0.15) is 24.3 Å². The molecule has 1 aromatic heterocycles. The zero-order chi connectivity index (χ0) is 16.9. The second-order valence-electron chi connectivity index (χ2n) is 4.88. The molecule has 1 aliphatic rings. The Labute approximate surface area is 144 Å². The monoisotopic (exact) mass is 343 g/mol. The molecule has 0 N–H and O–H groups in total. The van der Waals surface area contributed by atoms with Crippen LogP contribution in [0.3, 0.4) is 0 Å². The maximum atomic E-state index is 12.0. The van der Waals surface area contributed by atoms with Gasteiger partial charge in [0.15, 0.2) is 17.2 Å². The molecule has 0 saturated carbocycles. The summed E-state index contributed by atoms with van der Waals surface area (Å²) >= 11 is 1.54. The van der Waals surface area contributed by atoms with E-state index in [1.165, 1.54) is 11.3 Å². The summed E-state index contributed by atoms with van der Waals surface area (Å²) < 4.78 is 16.4. The zero-order valence-corrected chi connectivity index (χ0v) is 14.3. The first-order valence-electron chi connectivity index (χ1n) is 7.67. The SMILES string of the molecule is CCOc1ccc(C2=NC(=Cc3cccs3)C(=O)O2)cc1OCC.